The first kappa shape index (κ1) is 27.9. The van der Waals surface area contributed by atoms with Gasteiger partial charge < -0.3 is 30.1 Å². The number of carboxylic acid groups (broad SMARTS) is 3. The molecule has 10 heteroatoms. The molecule has 0 spiro atoms. The van der Waals surface area contributed by atoms with Crippen molar-refractivity contribution in [2.75, 3.05) is 11.9 Å². The number of benzene rings is 3. The van der Waals surface area contributed by atoms with Gasteiger partial charge in [-0.1, -0.05) is 66.7 Å². The molecular weight excluding hydrogens is 494 g/mol. The van der Waals surface area contributed by atoms with Gasteiger partial charge in [0.1, 0.15) is 0 Å². The Bertz CT molecular complexity index is 1290. The number of aliphatic carboxylic acids is 3. The van der Waals surface area contributed by atoms with Crippen LogP contribution in [-0.4, -0.2) is 57.0 Å². The lowest BCUT2D eigenvalue weighted by Gasteiger charge is -2.43. The van der Waals surface area contributed by atoms with Gasteiger partial charge in [0.05, 0.1) is 12.8 Å². The van der Waals surface area contributed by atoms with Crippen LogP contribution >= 0.6 is 0 Å². The van der Waals surface area contributed by atoms with E-state index >= 15 is 0 Å². The lowest BCUT2D eigenvalue weighted by Crippen LogP contribution is -2.42. The van der Waals surface area contributed by atoms with Gasteiger partial charge in [-0.2, -0.15) is 0 Å². The van der Waals surface area contributed by atoms with Crippen LogP contribution in [0.4, 0.5) is 11.4 Å². The molecule has 198 valence electrons. The summed E-state index contributed by atoms with van der Waals surface area (Å²) < 4.78 is 6.10. The number of ether oxygens (including phenoxy) is 1. The van der Waals surface area contributed by atoms with Crippen LogP contribution in [0.1, 0.15) is 36.5 Å². The minimum Gasteiger partial charge on any atom is -0.481 e. The van der Waals surface area contributed by atoms with Gasteiger partial charge in [0.25, 0.3) is 0 Å². The maximum Gasteiger partial charge on any atom is 0.336 e. The quantitative estimate of drug-likeness (QED) is 0.339. The number of aliphatic hydroxyl groups is 1. The number of esters is 1. The maximum absolute atomic E-state index is 12.2. The molecule has 1 aliphatic rings. The zero-order valence-corrected chi connectivity index (χ0v) is 20.7. The summed E-state index contributed by atoms with van der Waals surface area (Å²) in [4.78, 5) is 44.8. The number of anilines is 2. The molecule has 0 bridgehead atoms. The summed E-state index contributed by atoms with van der Waals surface area (Å²) in [5.74, 6) is -5.33. The average Bonchev–Trinajstić information content (AvgIpc) is 2.86. The Morgan fingerprint density at radius 2 is 1.18 bits per heavy atom. The van der Waals surface area contributed by atoms with Gasteiger partial charge in [-0.3, -0.25) is 14.4 Å². The molecule has 1 aliphatic heterocycles. The molecule has 0 saturated heterocycles. The van der Waals surface area contributed by atoms with E-state index in [0.29, 0.717) is 0 Å². The molecule has 0 aromatic heterocycles. The zero-order valence-electron chi connectivity index (χ0n) is 20.7. The van der Waals surface area contributed by atoms with E-state index in [2.05, 4.69) is 17.0 Å². The minimum absolute atomic E-state index is 0.307. The van der Waals surface area contributed by atoms with Crippen LogP contribution in [0.2, 0.25) is 0 Å². The second-order valence-electron chi connectivity index (χ2n) is 8.71. The molecule has 4 N–H and O–H groups in total. The number of hydrogen-bond acceptors (Lipinski definition) is 7. The highest BCUT2D eigenvalue weighted by Gasteiger charge is 2.47. The van der Waals surface area contributed by atoms with Crippen molar-refractivity contribution < 1.29 is 44.3 Å². The van der Waals surface area contributed by atoms with E-state index < -0.39 is 42.0 Å². The maximum atomic E-state index is 12.2. The monoisotopic (exact) mass is 521 g/mol. The highest BCUT2D eigenvalue weighted by atomic mass is 16.6. The number of rotatable bonds is 7. The summed E-state index contributed by atoms with van der Waals surface area (Å²) in [5, 5.41) is 33.8. The number of fused-ring (bicyclic) bond motifs is 2. The van der Waals surface area contributed by atoms with E-state index in [1.54, 1.807) is 0 Å². The second kappa shape index (κ2) is 11.1. The zero-order chi connectivity index (χ0) is 28.1. The molecule has 0 saturated carbocycles. The third kappa shape index (κ3) is 5.50. The number of carboxylic acids is 3. The average molecular weight is 522 g/mol. The highest BCUT2D eigenvalue weighted by Crippen LogP contribution is 2.52. The van der Waals surface area contributed by atoms with Crippen LogP contribution in [0, 0.1) is 0 Å². The Labute approximate surface area is 218 Å². The van der Waals surface area contributed by atoms with Crippen LogP contribution in [0.5, 0.6) is 0 Å². The second-order valence-corrected chi connectivity index (χ2v) is 8.71. The molecule has 0 radical (unpaired) electrons. The predicted molar refractivity (Wildman–Crippen MR) is 136 cm³/mol. The van der Waals surface area contributed by atoms with Crippen molar-refractivity contribution in [3.05, 3.63) is 95.6 Å². The summed E-state index contributed by atoms with van der Waals surface area (Å²) >= 11 is 0. The SMILES string of the molecule is CC(=O)OC1(c2ccccc2)c2ccccc2N(C)c2ccccc21.O=C(O)CC(O)(CC(=O)O)C(=O)O. The van der Waals surface area contributed by atoms with Crippen LogP contribution in [0.3, 0.4) is 0 Å². The summed E-state index contributed by atoms with van der Waals surface area (Å²) in [7, 11) is 2.04. The molecule has 0 atom stereocenters. The molecule has 3 aromatic carbocycles. The van der Waals surface area contributed by atoms with Gasteiger partial charge in [0, 0.05) is 42.0 Å². The fourth-order valence-corrected chi connectivity index (χ4v) is 4.48. The van der Waals surface area contributed by atoms with E-state index in [0.717, 1.165) is 28.1 Å². The Kier molecular flexibility index (Phi) is 8.17. The van der Waals surface area contributed by atoms with Crippen LogP contribution in [0.25, 0.3) is 0 Å². The van der Waals surface area contributed by atoms with Gasteiger partial charge in [-0.15, -0.1) is 0 Å². The van der Waals surface area contributed by atoms with Crippen LogP contribution in [-0.2, 0) is 29.5 Å². The molecule has 4 rings (SSSR count). The smallest absolute Gasteiger partial charge is 0.336 e. The normalized spacial score (nSPS) is 13.2. The number of nitrogens with zero attached hydrogens (tertiary/aromatic N) is 1. The third-order valence-electron chi connectivity index (χ3n) is 6.05. The van der Waals surface area contributed by atoms with Crippen LogP contribution in [0.15, 0.2) is 78.9 Å². The molecule has 0 unspecified atom stereocenters. The summed E-state index contributed by atoms with van der Waals surface area (Å²) in [6, 6.07) is 26.1. The first-order chi connectivity index (χ1) is 17.9. The first-order valence-electron chi connectivity index (χ1n) is 11.5. The standard InChI is InChI=1S/C22H19NO2.C6H8O7/c1-16(24)25-22(17-10-4-3-5-11-17)18-12-6-8-14-20(18)23(2)21-15-9-7-13-19(21)22;7-3(8)1-6(13,5(11)12)2-4(9)10/h3-15H,1-2H3;13H,1-2H2,(H,7,8)(H,9,10)(H,11,12). The largest absolute Gasteiger partial charge is 0.481 e. The number of para-hydroxylation sites is 2. The Morgan fingerprint density at radius 3 is 1.58 bits per heavy atom. The summed E-state index contributed by atoms with van der Waals surface area (Å²) in [5.41, 5.74) is 1.26. The Balaban J connectivity index is 0.000000263. The van der Waals surface area contributed by atoms with E-state index in [-0.39, 0.29) is 5.97 Å². The number of carbonyl (C=O) groups is 4. The van der Waals surface area contributed by atoms with E-state index in [9.17, 15) is 19.2 Å². The fraction of sp³-hybridized carbons (Fsp3) is 0.214. The van der Waals surface area contributed by atoms with Crippen molar-refractivity contribution in [2.24, 2.45) is 0 Å². The number of hydrogen-bond donors (Lipinski definition) is 4. The van der Waals surface area contributed by atoms with Crippen molar-refractivity contribution in [3.8, 4) is 0 Å². The molecule has 10 nitrogen and oxygen atoms in total. The Morgan fingerprint density at radius 1 is 0.763 bits per heavy atom. The molecule has 0 fully saturated rings. The highest BCUT2D eigenvalue weighted by molar-refractivity contribution is 5.88. The van der Waals surface area contributed by atoms with Crippen molar-refractivity contribution in [2.45, 2.75) is 31.0 Å². The van der Waals surface area contributed by atoms with Crippen LogP contribution < -0.4 is 4.90 Å². The van der Waals surface area contributed by atoms with Gasteiger partial charge in [0.2, 0.25) is 0 Å². The van der Waals surface area contributed by atoms with Gasteiger partial charge in [-0.05, 0) is 12.1 Å². The summed E-state index contributed by atoms with van der Waals surface area (Å²) in [6.07, 6.45) is -2.29. The lowest BCUT2D eigenvalue weighted by molar-refractivity contribution is -0.170. The predicted octanol–water partition coefficient (Wildman–Crippen LogP) is 3.37. The van der Waals surface area contributed by atoms with Gasteiger partial charge >= 0.3 is 23.9 Å². The molecular formula is C28H27NO9. The van der Waals surface area contributed by atoms with Crippen molar-refractivity contribution in [3.63, 3.8) is 0 Å². The van der Waals surface area contributed by atoms with Crippen molar-refractivity contribution in [1.82, 2.24) is 0 Å². The molecule has 0 amide bonds. The molecule has 3 aromatic rings. The topological polar surface area (TPSA) is 162 Å². The van der Waals surface area contributed by atoms with E-state index in [1.165, 1.54) is 6.92 Å². The first-order valence-corrected chi connectivity index (χ1v) is 11.5. The van der Waals surface area contributed by atoms with E-state index in [1.807, 2.05) is 73.8 Å². The van der Waals surface area contributed by atoms with Gasteiger partial charge in [-0.25, -0.2) is 4.79 Å². The van der Waals surface area contributed by atoms with Crippen molar-refractivity contribution in [1.29, 1.82) is 0 Å². The molecule has 0 aliphatic carbocycles. The lowest BCUT2D eigenvalue weighted by atomic mass is 9.76. The third-order valence-corrected chi connectivity index (χ3v) is 6.05. The van der Waals surface area contributed by atoms with E-state index in [4.69, 9.17) is 25.2 Å². The molecule has 38 heavy (non-hydrogen) atoms. The summed E-state index contributed by atoms with van der Waals surface area (Å²) in [6.45, 7) is 1.47. The Hall–Kier alpha value is -4.70. The molecule has 1 heterocycles. The minimum atomic E-state index is -2.74. The fourth-order valence-electron chi connectivity index (χ4n) is 4.48. The van der Waals surface area contributed by atoms with Gasteiger partial charge in [0.15, 0.2) is 11.2 Å². The number of carbonyl (C=O) groups excluding carboxylic acids is 1. The van der Waals surface area contributed by atoms with Crippen molar-refractivity contribution >= 4 is 35.3 Å².